The van der Waals surface area contributed by atoms with Gasteiger partial charge in [-0.3, -0.25) is 4.90 Å². The van der Waals surface area contributed by atoms with E-state index in [4.69, 9.17) is 0 Å². The number of fused-ring (bicyclic) bond motifs is 1. The third-order valence-electron chi connectivity index (χ3n) is 5.03. The molecule has 3 rings (SSSR count). The van der Waals surface area contributed by atoms with E-state index < -0.39 is 0 Å². The van der Waals surface area contributed by atoms with Gasteiger partial charge in [0.25, 0.3) is 0 Å². The summed E-state index contributed by atoms with van der Waals surface area (Å²) < 4.78 is 0. The molecule has 2 bridgehead atoms. The van der Waals surface area contributed by atoms with Crippen LogP contribution in [0.15, 0.2) is 11.6 Å². The van der Waals surface area contributed by atoms with Crippen molar-refractivity contribution >= 4 is 0 Å². The average molecular weight is 267 g/mol. The van der Waals surface area contributed by atoms with E-state index in [1.54, 1.807) is 0 Å². The third-order valence-corrected chi connectivity index (χ3v) is 5.03. The Bertz CT molecular complexity index is 337. The number of nitrogens with zero attached hydrogens (tertiary/aromatic N) is 1. The molecule has 3 heteroatoms. The van der Waals surface area contributed by atoms with Crippen molar-refractivity contribution in [2.24, 2.45) is 17.3 Å². The van der Waals surface area contributed by atoms with Crippen molar-refractivity contribution in [3.05, 3.63) is 11.6 Å². The first-order valence-corrected chi connectivity index (χ1v) is 7.58. The summed E-state index contributed by atoms with van der Waals surface area (Å²) in [5.41, 5.74) is 1.97. The Morgan fingerprint density at radius 3 is 2.26 bits per heavy atom. The minimum absolute atomic E-state index is 0.343. The van der Waals surface area contributed by atoms with Crippen molar-refractivity contribution in [1.29, 1.82) is 0 Å². The van der Waals surface area contributed by atoms with E-state index in [2.05, 4.69) is 24.8 Å². The van der Waals surface area contributed by atoms with Crippen molar-refractivity contribution in [1.82, 2.24) is 4.90 Å². The second-order valence-corrected chi connectivity index (χ2v) is 7.21. The van der Waals surface area contributed by atoms with Gasteiger partial charge in [-0.2, -0.15) is 0 Å². The lowest BCUT2D eigenvalue weighted by atomic mass is 9.49. The Kier molecular flexibility index (Phi) is 4.38. The van der Waals surface area contributed by atoms with Gasteiger partial charge in [-0.1, -0.05) is 25.5 Å². The molecule has 0 aromatic carbocycles. The van der Waals surface area contributed by atoms with Crippen LogP contribution in [0.2, 0.25) is 0 Å². The molecular weight excluding hydrogens is 238 g/mol. The van der Waals surface area contributed by atoms with Crippen molar-refractivity contribution in [3.63, 3.8) is 0 Å². The van der Waals surface area contributed by atoms with Gasteiger partial charge in [-0.25, -0.2) is 0 Å². The predicted molar refractivity (Wildman–Crippen MR) is 77.9 cm³/mol. The zero-order chi connectivity index (χ0) is 14.2. The Labute approximate surface area is 117 Å². The van der Waals surface area contributed by atoms with Crippen molar-refractivity contribution in [3.8, 4) is 0 Å². The van der Waals surface area contributed by atoms with E-state index in [9.17, 15) is 10.2 Å². The summed E-state index contributed by atoms with van der Waals surface area (Å²) in [6, 6.07) is 0. The van der Waals surface area contributed by atoms with Gasteiger partial charge in [0.2, 0.25) is 0 Å². The minimum atomic E-state index is -0.343. The van der Waals surface area contributed by atoms with Gasteiger partial charge >= 0.3 is 0 Å². The number of aliphatic hydroxyl groups excluding tert-OH is 2. The molecule has 4 unspecified atom stereocenters. The molecule has 0 amide bonds. The lowest BCUT2D eigenvalue weighted by Crippen LogP contribution is -2.50. The van der Waals surface area contributed by atoms with Gasteiger partial charge in [0.15, 0.2) is 0 Å². The fraction of sp³-hybridized carbons (Fsp3) is 0.875. The van der Waals surface area contributed by atoms with E-state index in [0.29, 0.717) is 24.4 Å². The monoisotopic (exact) mass is 267 g/mol. The quantitative estimate of drug-likeness (QED) is 0.724. The molecule has 0 saturated heterocycles. The van der Waals surface area contributed by atoms with Crippen LogP contribution in [0.3, 0.4) is 0 Å². The highest BCUT2D eigenvalue weighted by Crippen LogP contribution is 2.59. The first kappa shape index (κ1) is 15.0. The molecule has 0 aromatic rings. The molecule has 1 saturated carbocycles. The van der Waals surface area contributed by atoms with Gasteiger partial charge in [0, 0.05) is 19.6 Å². The molecule has 0 aromatic heterocycles. The maximum atomic E-state index is 9.60. The fourth-order valence-corrected chi connectivity index (χ4v) is 3.87. The third kappa shape index (κ3) is 3.21. The minimum Gasteiger partial charge on any atom is -0.392 e. The molecule has 3 nitrogen and oxygen atoms in total. The standard InChI is InChI=1S/C16H29NO2/c1-11(18)8-17(9-12(2)19)10-13-5-6-14-7-15(13)16(14,3)4/h5,11-12,14-15,18-19H,6-10H2,1-4H3. The van der Waals surface area contributed by atoms with Crippen molar-refractivity contribution < 1.29 is 10.2 Å². The maximum absolute atomic E-state index is 9.60. The molecule has 0 radical (unpaired) electrons. The molecule has 3 aliphatic rings. The van der Waals surface area contributed by atoms with E-state index in [0.717, 1.165) is 12.5 Å². The van der Waals surface area contributed by atoms with Crippen LogP contribution >= 0.6 is 0 Å². The Morgan fingerprint density at radius 2 is 1.84 bits per heavy atom. The topological polar surface area (TPSA) is 43.7 Å². The molecule has 0 aliphatic heterocycles. The van der Waals surface area contributed by atoms with Crippen LogP contribution in [0.25, 0.3) is 0 Å². The van der Waals surface area contributed by atoms with Gasteiger partial charge in [-0.05, 0) is 43.9 Å². The van der Waals surface area contributed by atoms with E-state index >= 15 is 0 Å². The zero-order valence-corrected chi connectivity index (χ0v) is 12.8. The number of hydrogen-bond acceptors (Lipinski definition) is 3. The molecule has 110 valence electrons. The van der Waals surface area contributed by atoms with Crippen molar-refractivity contribution in [2.75, 3.05) is 19.6 Å². The average Bonchev–Trinajstić information content (AvgIpc) is 2.26. The molecule has 0 heterocycles. The Morgan fingerprint density at radius 1 is 1.26 bits per heavy atom. The lowest BCUT2D eigenvalue weighted by Gasteiger charge is -2.57. The van der Waals surface area contributed by atoms with Crippen LogP contribution in [0.5, 0.6) is 0 Å². The molecule has 4 atom stereocenters. The first-order chi connectivity index (χ1) is 8.80. The molecule has 1 fully saturated rings. The van der Waals surface area contributed by atoms with Gasteiger partial charge in [-0.15, -0.1) is 0 Å². The summed E-state index contributed by atoms with van der Waals surface area (Å²) >= 11 is 0. The van der Waals surface area contributed by atoms with Crippen molar-refractivity contribution in [2.45, 2.75) is 52.7 Å². The summed E-state index contributed by atoms with van der Waals surface area (Å²) in [4.78, 5) is 2.19. The summed E-state index contributed by atoms with van der Waals surface area (Å²) in [7, 11) is 0. The fourth-order valence-electron chi connectivity index (χ4n) is 3.87. The molecule has 19 heavy (non-hydrogen) atoms. The van der Waals surface area contributed by atoms with Crippen LogP contribution in [0, 0.1) is 17.3 Å². The second kappa shape index (κ2) is 5.55. The normalized spacial score (nSPS) is 31.6. The SMILES string of the molecule is CC(O)CN(CC1=CCC2CC1C2(C)C)CC(C)O. The first-order valence-electron chi connectivity index (χ1n) is 7.58. The van der Waals surface area contributed by atoms with Gasteiger partial charge < -0.3 is 10.2 Å². The Balaban J connectivity index is 1.99. The predicted octanol–water partition coefficient (Wildman–Crippen LogP) is 2.04. The summed E-state index contributed by atoms with van der Waals surface area (Å²) in [6.45, 7) is 10.6. The van der Waals surface area contributed by atoms with Crippen LogP contribution in [-0.4, -0.2) is 47.0 Å². The number of allylic oxidation sites excluding steroid dienone is 1. The summed E-state index contributed by atoms with van der Waals surface area (Å²) in [5.74, 6) is 1.57. The Hall–Kier alpha value is -0.380. The van der Waals surface area contributed by atoms with Crippen LogP contribution in [0.4, 0.5) is 0 Å². The van der Waals surface area contributed by atoms with E-state index in [1.165, 1.54) is 18.4 Å². The highest BCUT2D eigenvalue weighted by molar-refractivity contribution is 5.24. The molecule has 3 aliphatic carbocycles. The van der Waals surface area contributed by atoms with E-state index in [-0.39, 0.29) is 12.2 Å². The van der Waals surface area contributed by atoms with Gasteiger partial charge in [0.1, 0.15) is 0 Å². The maximum Gasteiger partial charge on any atom is 0.0639 e. The smallest absolute Gasteiger partial charge is 0.0639 e. The number of hydrogen-bond donors (Lipinski definition) is 2. The molecular formula is C16H29NO2. The summed E-state index contributed by atoms with van der Waals surface area (Å²) in [5, 5.41) is 19.2. The van der Waals surface area contributed by atoms with Crippen LogP contribution in [0.1, 0.15) is 40.5 Å². The van der Waals surface area contributed by atoms with E-state index in [1.807, 2.05) is 13.8 Å². The second-order valence-electron chi connectivity index (χ2n) is 7.21. The van der Waals surface area contributed by atoms with Crippen LogP contribution in [-0.2, 0) is 0 Å². The molecule has 2 N–H and O–H groups in total. The zero-order valence-electron chi connectivity index (χ0n) is 12.8. The highest BCUT2D eigenvalue weighted by atomic mass is 16.3. The largest absolute Gasteiger partial charge is 0.392 e. The number of aliphatic hydroxyl groups is 2. The summed E-state index contributed by atoms with van der Waals surface area (Å²) in [6.07, 6.45) is 4.25. The van der Waals surface area contributed by atoms with Crippen LogP contribution < -0.4 is 0 Å². The molecule has 0 spiro atoms. The lowest BCUT2D eigenvalue weighted by molar-refractivity contribution is -0.0131. The number of rotatable bonds is 6. The van der Waals surface area contributed by atoms with Gasteiger partial charge in [0.05, 0.1) is 12.2 Å². The highest BCUT2D eigenvalue weighted by Gasteiger charge is 2.51.